The Hall–Kier alpha value is -2.04. The number of hydrogen-bond acceptors (Lipinski definition) is 5. The van der Waals surface area contributed by atoms with Gasteiger partial charge in [-0.1, -0.05) is 19.4 Å². The fourth-order valence-electron chi connectivity index (χ4n) is 2.28. The van der Waals surface area contributed by atoms with Crippen molar-refractivity contribution in [1.29, 1.82) is 0 Å². The monoisotopic (exact) mass is 308 g/mol. The average Bonchev–Trinajstić information content (AvgIpc) is 2.46. The van der Waals surface area contributed by atoms with Crippen LogP contribution in [0, 0.1) is 0 Å². The molecule has 22 heavy (non-hydrogen) atoms. The smallest absolute Gasteiger partial charge is 0.302 e. The zero-order valence-electron chi connectivity index (χ0n) is 13.4. The van der Waals surface area contributed by atoms with Crippen molar-refractivity contribution in [2.45, 2.75) is 52.1 Å². The van der Waals surface area contributed by atoms with Gasteiger partial charge in [-0.2, -0.15) is 0 Å². The zero-order chi connectivity index (χ0) is 16.5. The quantitative estimate of drug-likeness (QED) is 0.710. The van der Waals surface area contributed by atoms with Crippen LogP contribution in [0.25, 0.3) is 0 Å². The number of esters is 1. The van der Waals surface area contributed by atoms with Crippen molar-refractivity contribution >= 4 is 11.8 Å². The van der Waals surface area contributed by atoms with Gasteiger partial charge < -0.3 is 14.6 Å². The minimum Gasteiger partial charge on any atom is -0.504 e. The summed E-state index contributed by atoms with van der Waals surface area (Å²) in [4.78, 5) is 23.1. The van der Waals surface area contributed by atoms with Gasteiger partial charge in [0.2, 0.25) is 0 Å². The second-order valence-corrected chi connectivity index (χ2v) is 5.27. The number of rotatable bonds is 9. The van der Waals surface area contributed by atoms with Crippen LogP contribution in [0.3, 0.4) is 0 Å². The first-order valence-corrected chi connectivity index (χ1v) is 7.51. The Morgan fingerprint density at radius 1 is 1.32 bits per heavy atom. The number of carbonyl (C=O) groups is 2. The van der Waals surface area contributed by atoms with E-state index in [4.69, 9.17) is 9.47 Å². The fourth-order valence-corrected chi connectivity index (χ4v) is 2.28. The summed E-state index contributed by atoms with van der Waals surface area (Å²) in [5.74, 6) is 0.186. The summed E-state index contributed by atoms with van der Waals surface area (Å²) in [6.07, 6.45) is 2.41. The molecular formula is C17H24O5. The molecular weight excluding hydrogens is 284 g/mol. The SMILES string of the molecule is CCC[C@@H](CC(=O)CCc1ccc(O)c(OC)c1)OC(C)=O. The van der Waals surface area contributed by atoms with Crippen LogP contribution in [0.4, 0.5) is 0 Å². The maximum Gasteiger partial charge on any atom is 0.302 e. The number of benzene rings is 1. The van der Waals surface area contributed by atoms with E-state index in [1.165, 1.54) is 14.0 Å². The fraction of sp³-hybridized carbons (Fsp3) is 0.529. The molecule has 1 rings (SSSR count). The number of Topliss-reactive ketones (excluding diaryl/α,β-unsaturated/α-hetero) is 1. The van der Waals surface area contributed by atoms with Crippen molar-refractivity contribution in [1.82, 2.24) is 0 Å². The summed E-state index contributed by atoms with van der Waals surface area (Å²) in [6.45, 7) is 3.35. The molecule has 0 fully saturated rings. The summed E-state index contributed by atoms with van der Waals surface area (Å²) in [5.41, 5.74) is 0.919. The lowest BCUT2D eigenvalue weighted by Gasteiger charge is -2.15. The van der Waals surface area contributed by atoms with Crippen molar-refractivity contribution in [2.75, 3.05) is 7.11 Å². The molecule has 5 heteroatoms. The van der Waals surface area contributed by atoms with Gasteiger partial charge in [0, 0.05) is 19.8 Å². The normalized spacial score (nSPS) is 11.8. The minimum absolute atomic E-state index is 0.0618. The molecule has 1 atom stereocenters. The van der Waals surface area contributed by atoms with Crippen LogP contribution in [-0.4, -0.2) is 30.1 Å². The van der Waals surface area contributed by atoms with Crippen LogP contribution in [0.15, 0.2) is 18.2 Å². The minimum atomic E-state index is -0.352. The van der Waals surface area contributed by atoms with E-state index in [2.05, 4.69) is 0 Å². The summed E-state index contributed by atoms with van der Waals surface area (Å²) < 4.78 is 10.2. The summed E-state index contributed by atoms with van der Waals surface area (Å²) in [5, 5.41) is 9.53. The van der Waals surface area contributed by atoms with Crippen LogP contribution in [-0.2, 0) is 20.7 Å². The highest BCUT2D eigenvalue weighted by Gasteiger charge is 2.16. The molecule has 0 amide bonds. The van der Waals surface area contributed by atoms with Crippen LogP contribution >= 0.6 is 0 Å². The molecule has 0 unspecified atom stereocenters. The van der Waals surface area contributed by atoms with E-state index in [0.717, 1.165) is 12.0 Å². The number of aryl methyl sites for hydroxylation is 1. The largest absolute Gasteiger partial charge is 0.504 e. The Bertz CT molecular complexity index is 510. The topological polar surface area (TPSA) is 72.8 Å². The van der Waals surface area contributed by atoms with Crippen molar-refractivity contribution < 1.29 is 24.2 Å². The predicted molar refractivity (Wildman–Crippen MR) is 83.1 cm³/mol. The maximum absolute atomic E-state index is 12.0. The number of hydrogen-bond donors (Lipinski definition) is 1. The summed E-state index contributed by atoms with van der Waals surface area (Å²) in [7, 11) is 1.48. The van der Waals surface area contributed by atoms with E-state index in [1.54, 1.807) is 18.2 Å². The Kier molecular flexibility index (Phi) is 7.43. The third kappa shape index (κ3) is 6.16. The molecule has 1 N–H and O–H groups in total. The van der Waals surface area contributed by atoms with E-state index in [-0.39, 0.29) is 30.0 Å². The van der Waals surface area contributed by atoms with E-state index < -0.39 is 0 Å². The molecule has 0 aromatic heterocycles. The van der Waals surface area contributed by atoms with Gasteiger partial charge in [0.15, 0.2) is 11.5 Å². The average molecular weight is 308 g/mol. The van der Waals surface area contributed by atoms with E-state index in [9.17, 15) is 14.7 Å². The molecule has 1 aromatic rings. The second kappa shape index (κ2) is 9.07. The summed E-state index contributed by atoms with van der Waals surface area (Å²) in [6, 6.07) is 5.04. The zero-order valence-corrected chi connectivity index (χ0v) is 13.4. The van der Waals surface area contributed by atoms with Crippen LogP contribution in [0.1, 0.15) is 45.1 Å². The highest BCUT2D eigenvalue weighted by Crippen LogP contribution is 2.26. The Labute approximate surface area is 131 Å². The van der Waals surface area contributed by atoms with Gasteiger partial charge in [-0.15, -0.1) is 0 Å². The van der Waals surface area contributed by atoms with Crippen molar-refractivity contribution in [2.24, 2.45) is 0 Å². The van der Waals surface area contributed by atoms with Crippen LogP contribution in [0.5, 0.6) is 11.5 Å². The molecule has 5 nitrogen and oxygen atoms in total. The molecule has 0 aliphatic heterocycles. The lowest BCUT2D eigenvalue weighted by Crippen LogP contribution is -2.20. The molecule has 0 radical (unpaired) electrons. The first-order chi connectivity index (χ1) is 10.5. The number of phenols is 1. The van der Waals surface area contributed by atoms with E-state index in [1.807, 2.05) is 6.92 Å². The third-order valence-electron chi connectivity index (χ3n) is 3.34. The molecule has 0 saturated heterocycles. The second-order valence-electron chi connectivity index (χ2n) is 5.27. The summed E-state index contributed by atoms with van der Waals surface area (Å²) >= 11 is 0. The molecule has 0 bridgehead atoms. The molecule has 0 aliphatic rings. The standard InChI is InChI=1S/C17H24O5/c1-4-5-15(22-12(2)18)11-14(19)8-6-13-7-9-16(20)17(10-13)21-3/h7,9-10,15,20H,4-6,8,11H2,1-3H3/t15-/m0/s1. The number of ether oxygens (including phenoxy) is 2. The predicted octanol–water partition coefficient (Wildman–Crippen LogP) is 3.02. The highest BCUT2D eigenvalue weighted by atomic mass is 16.5. The highest BCUT2D eigenvalue weighted by molar-refractivity contribution is 5.79. The van der Waals surface area contributed by atoms with Crippen LogP contribution < -0.4 is 4.74 Å². The van der Waals surface area contributed by atoms with Crippen molar-refractivity contribution in [3.8, 4) is 11.5 Å². The van der Waals surface area contributed by atoms with Crippen LogP contribution in [0.2, 0.25) is 0 Å². The molecule has 0 aliphatic carbocycles. The van der Waals surface area contributed by atoms with Gasteiger partial charge in [-0.05, 0) is 30.5 Å². The number of ketones is 1. The molecule has 0 heterocycles. The molecule has 0 spiro atoms. The van der Waals surface area contributed by atoms with Gasteiger partial charge in [-0.25, -0.2) is 0 Å². The van der Waals surface area contributed by atoms with Gasteiger partial charge >= 0.3 is 5.97 Å². The van der Waals surface area contributed by atoms with E-state index in [0.29, 0.717) is 25.0 Å². The Morgan fingerprint density at radius 3 is 2.64 bits per heavy atom. The van der Waals surface area contributed by atoms with E-state index >= 15 is 0 Å². The molecule has 1 aromatic carbocycles. The number of aromatic hydroxyl groups is 1. The molecule has 122 valence electrons. The third-order valence-corrected chi connectivity index (χ3v) is 3.34. The Morgan fingerprint density at radius 2 is 2.05 bits per heavy atom. The van der Waals surface area contributed by atoms with Crippen molar-refractivity contribution in [3.05, 3.63) is 23.8 Å². The number of methoxy groups -OCH3 is 1. The molecule has 0 saturated carbocycles. The van der Waals surface area contributed by atoms with Crippen molar-refractivity contribution in [3.63, 3.8) is 0 Å². The van der Waals surface area contributed by atoms with Gasteiger partial charge in [0.25, 0.3) is 0 Å². The first kappa shape index (κ1) is 18.0. The lowest BCUT2D eigenvalue weighted by atomic mass is 10.0. The number of phenolic OH excluding ortho intramolecular Hbond substituents is 1. The van der Waals surface area contributed by atoms with Gasteiger partial charge in [0.1, 0.15) is 11.9 Å². The maximum atomic E-state index is 12.0. The Balaban J connectivity index is 2.52. The van der Waals surface area contributed by atoms with Gasteiger partial charge in [-0.3, -0.25) is 9.59 Å². The number of carbonyl (C=O) groups excluding carboxylic acids is 2. The first-order valence-electron chi connectivity index (χ1n) is 7.51. The van der Waals surface area contributed by atoms with Gasteiger partial charge in [0.05, 0.1) is 7.11 Å². The lowest BCUT2D eigenvalue weighted by molar-refractivity contribution is -0.147.